The highest BCUT2D eigenvalue weighted by molar-refractivity contribution is 6.42. The third-order valence-electron chi connectivity index (χ3n) is 5.54. The van der Waals surface area contributed by atoms with Gasteiger partial charge >= 0.3 is 0 Å². The molecule has 0 unspecified atom stereocenters. The van der Waals surface area contributed by atoms with Crippen molar-refractivity contribution in [2.45, 2.75) is 32.4 Å². The van der Waals surface area contributed by atoms with Crippen molar-refractivity contribution in [3.63, 3.8) is 0 Å². The van der Waals surface area contributed by atoms with Gasteiger partial charge in [-0.25, -0.2) is 4.98 Å². The summed E-state index contributed by atoms with van der Waals surface area (Å²) in [7, 11) is 0. The van der Waals surface area contributed by atoms with Gasteiger partial charge in [0, 0.05) is 37.4 Å². The number of likely N-dealkylation sites (tertiary alicyclic amines) is 1. The predicted molar refractivity (Wildman–Crippen MR) is 116 cm³/mol. The number of hydrogen-bond donors (Lipinski definition) is 0. The Kier molecular flexibility index (Phi) is 6.22. The summed E-state index contributed by atoms with van der Waals surface area (Å²) >= 11 is 12.4. The lowest BCUT2D eigenvalue weighted by atomic mass is 10.0. The second-order valence-electron chi connectivity index (χ2n) is 7.50. The minimum Gasteiger partial charge on any atom is -0.338 e. The molecule has 3 aromatic rings. The second-order valence-corrected chi connectivity index (χ2v) is 8.28. The smallest absolute Gasteiger partial charge is 0.226 e. The Balaban J connectivity index is 1.35. The van der Waals surface area contributed by atoms with E-state index in [1.54, 1.807) is 6.07 Å². The summed E-state index contributed by atoms with van der Waals surface area (Å²) < 4.78 is 2.16. The standard InChI is InChI=1S/C23H23Cl2N3O/c24-21-8-4-7-19(22(21)25)15-27-12-11-18(23(27)29)9-10-20-13-26-16-28(20)14-17-5-2-1-3-6-17/h1-8,13,16,18H,9-12,14-15H2/t18-/m0/s1. The van der Waals surface area contributed by atoms with Gasteiger partial charge in [0.1, 0.15) is 0 Å². The number of amides is 1. The maximum Gasteiger partial charge on any atom is 0.226 e. The maximum absolute atomic E-state index is 12.9. The molecular weight excluding hydrogens is 405 g/mol. The molecule has 2 heterocycles. The van der Waals surface area contributed by atoms with Crippen LogP contribution in [0.15, 0.2) is 61.1 Å². The second kappa shape index (κ2) is 9.02. The number of carbonyl (C=O) groups is 1. The Hall–Kier alpha value is -2.30. The van der Waals surface area contributed by atoms with Gasteiger partial charge in [0.15, 0.2) is 0 Å². The lowest BCUT2D eigenvalue weighted by molar-refractivity contribution is -0.131. The highest BCUT2D eigenvalue weighted by Crippen LogP contribution is 2.30. The molecule has 0 N–H and O–H groups in total. The Morgan fingerprint density at radius 3 is 2.69 bits per heavy atom. The number of imidazole rings is 1. The molecule has 1 aliphatic rings. The zero-order valence-electron chi connectivity index (χ0n) is 16.1. The van der Waals surface area contributed by atoms with Crippen molar-refractivity contribution in [2.75, 3.05) is 6.54 Å². The monoisotopic (exact) mass is 427 g/mol. The van der Waals surface area contributed by atoms with Gasteiger partial charge in [-0.05, 0) is 36.5 Å². The van der Waals surface area contributed by atoms with Crippen molar-refractivity contribution in [3.05, 3.63) is 87.9 Å². The topological polar surface area (TPSA) is 38.1 Å². The molecule has 4 nitrogen and oxygen atoms in total. The molecule has 1 aliphatic heterocycles. The van der Waals surface area contributed by atoms with Gasteiger partial charge in [-0.15, -0.1) is 0 Å². The first kappa shape index (κ1) is 20.0. The Morgan fingerprint density at radius 2 is 1.86 bits per heavy atom. The third-order valence-corrected chi connectivity index (χ3v) is 6.40. The molecule has 29 heavy (non-hydrogen) atoms. The molecule has 2 aromatic carbocycles. The molecule has 4 rings (SSSR count). The molecule has 1 atom stereocenters. The molecular formula is C23H23Cl2N3O. The molecule has 1 amide bonds. The van der Waals surface area contributed by atoms with Crippen LogP contribution < -0.4 is 0 Å². The van der Waals surface area contributed by atoms with E-state index in [-0.39, 0.29) is 11.8 Å². The molecule has 0 bridgehead atoms. The van der Waals surface area contributed by atoms with Crippen molar-refractivity contribution in [2.24, 2.45) is 5.92 Å². The van der Waals surface area contributed by atoms with Crippen molar-refractivity contribution >= 4 is 29.1 Å². The summed E-state index contributed by atoms with van der Waals surface area (Å²) in [6.45, 7) is 2.07. The van der Waals surface area contributed by atoms with E-state index in [4.69, 9.17) is 23.2 Å². The third kappa shape index (κ3) is 4.65. The fourth-order valence-corrected chi connectivity index (χ4v) is 4.29. The lowest BCUT2D eigenvalue weighted by Gasteiger charge is -2.18. The predicted octanol–water partition coefficient (Wildman–Crippen LogP) is 5.22. The molecule has 150 valence electrons. The molecule has 6 heteroatoms. The molecule has 0 aliphatic carbocycles. The van der Waals surface area contributed by atoms with Crippen molar-refractivity contribution in [3.8, 4) is 0 Å². The number of benzene rings is 2. The van der Waals surface area contributed by atoms with Gasteiger partial charge in [-0.1, -0.05) is 65.7 Å². The van der Waals surface area contributed by atoms with Crippen molar-refractivity contribution < 1.29 is 4.79 Å². The van der Waals surface area contributed by atoms with Crippen LogP contribution in [0.3, 0.4) is 0 Å². The van der Waals surface area contributed by atoms with Crippen LogP contribution in [0.4, 0.5) is 0 Å². The highest BCUT2D eigenvalue weighted by atomic mass is 35.5. The molecule has 0 radical (unpaired) electrons. The highest BCUT2D eigenvalue weighted by Gasteiger charge is 2.31. The van der Waals surface area contributed by atoms with Gasteiger partial charge in [0.2, 0.25) is 5.91 Å². The number of aromatic nitrogens is 2. The fraction of sp³-hybridized carbons (Fsp3) is 0.304. The van der Waals surface area contributed by atoms with Crippen molar-refractivity contribution in [1.82, 2.24) is 14.5 Å². The van der Waals surface area contributed by atoms with Gasteiger partial charge < -0.3 is 9.47 Å². The van der Waals surface area contributed by atoms with E-state index in [0.29, 0.717) is 16.6 Å². The quantitative estimate of drug-likeness (QED) is 0.518. The largest absolute Gasteiger partial charge is 0.338 e. The van der Waals surface area contributed by atoms with Gasteiger partial charge in [0.25, 0.3) is 0 Å². The number of aryl methyl sites for hydroxylation is 1. The summed E-state index contributed by atoms with van der Waals surface area (Å²) in [5.41, 5.74) is 3.31. The minimum atomic E-state index is 0.0491. The van der Waals surface area contributed by atoms with Crippen molar-refractivity contribution in [1.29, 1.82) is 0 Å². The van der Waals surface area contributed by atoms with E-state index in [1.807, 2.05) is 47.8 Å². The van der Waals surface area contributed by atoms with Crippen LogP contribution in [-0.4, -0.2) is 26.9 Å². The van der Waals surface area contributed by atoms with Crippen LogP contribution >= 0.6 is 23.2 Å². The molecule has 0 saturated carbocycles. The van der Waals surface area contributed by atoms with E-state index >= 15 is 0 Å². The molecule has 1 saturated heterocycles. The molecule has 1 fully saturated rings. The van der Waals surface area contributed by atoms with Crippen LogP contribution in [0.1, 0.15) is 29.7 Å². The molecule has 1 aromatic heterocycles. The van der Waals surface area contributed by atoms with E-state index in [1.165, 1.54) is 5.56 Å². The average Bonchev–Trinajstić information content (AvgIpc) is 3.31. The van der Waals surface area contributed by atoms with Crippen LogP contribution in [0.25, 0.3) is 0 Å². The zero-order valence-corrected chi connectivity index (χ0v) is 17.6. The Bertz CT molecular complexity index is 987. The van der Waals surface area contributed by atoms with E-state index in [0.717, 1.165) is 43.6 Å². The van der Waals surface area contributed by atoms with Gasteiger partial charge in [-0.3, -0.25) is 4.79 Å². The number of carbonyl (C=O) groups excluding carboxylic acids is 1. The van der Waals surface area contributed by atoms with Crippen LogP contribution in [0.2, 0.25) is 10.0 Å². The van der Waals surface area contributed by atoms with E-state index in [9.17, 15) is 4.79 Å². The number of halogens is 2. The first-order chi connectivity index (χ1) is 14.1. The number of nitrogens with zero attached hydrogens (tertiary/aromatic N) is 3. The normalized spacial score (nSPS) is 16.6. The SMILES string of the molecule is O=C1[C@@H](CCc2cncn2Cc2ccccc2)CCN1Cc1cccc(Cl)c1Cl. The van der Waals surface area contributed by atoms with E-state index in [2.05, 4.69) is 21.7 Å². The number of hydrogen-bond acceptors (Lipinski definition) is 2. The van der Waals surface area contributed by atoms with E-state index < -0.39 is 0 Å². The van der Waals surface area contributed by atoms with Gasteiger partial charge in [-0.2, -0.15) is 0 Å². The summed E-state index contributed by atoms with van der Waals surface area (Å²) in [5, 5.41) is 1.06. The first-order valence-electron chi connectivity index (χ1n) is 9.86. The maximum atomic E-state index is 12.9. The average molecular weight is 428 g/mol. The summed E-state index contributed by atoms with van der Waals surface area (Å²) in [6.07, 6.45) is 6.33. The van der Waals surface area contributed by atoms with Crippen LogP contribution in [0, 0.1) is 5.92 Å². The zero-order chi connectivity index (χ0) is 20.2. The first-order valence-corrected chi connectivity index (χ1v) is 10.6. The summed E-state index contributed by atoms with van der Waals surface area (Å²) in [5.74, 6) is 0.253. The molecule has 0 spiro atoms. The van der Waals surface area contributed by atoms with Crippen LogP contribution in [0.5, 0.6) is 0 Å². The Labute approximate surface area is 181 Å². The minimum absolute atomic E-state index is 0.0491. The van der Waals surface area contributed by atoms with Crippen LogP contribution in [-0.2, 0) is 24.3 Å². The number of rotatable bonds is 7. The van der Waals surface area contributed by atoms with Gasteiger partial charge in [0.05, 0.1) is 16.4 Å². The summed E-state index contributed by atoms with van der Waals surface area (Å²) in [6, 6.07) is 15.9. The Morgan fingerprint density at radius 1 is 1.03 bits per heavy atom. The summed E-state index contributed by atoms with van der Waals surface area (Å²) in [4.78, 5) is 19.1. The lowest BCUT2D eigenvalue weighted by Crippen LogP contribution is -2.27. The fourth-order valence-electron chi connectivity index (χ4n) is 3.91.